The van der Waals surface area contributed by atoms with E-state index >= 15 is 0 Å². The molecule has 0 unspecified atom stereocenters. The number of rotatable bonds is 1. The molecule has 62 valence electrons. The maximum Gasteiger partial charge on any atom is 0.306 e. The summed E-state index contributed by atoms with van der Waals surface area (Å²) in [5, 5.41) is 8.64. The zero-order valence-electron chi connectivity index (χ0n) is 6.71. The summed E-state index contributed by atoms with van der Waals surface area (Å²) in [5.41, 5.74) is 0.414. The molecule has 0 aromatic carbocycles. The van der Waals surface area contributed by atoms with Crippen LogP contribution in [-0.2, 0) is 4.79 Å². The van der Waals surface area contributed by atoms with Crippen molar-refractivity contribution in [2.45, 2.75) is 12.8 Å². The van der Waals surface area contributed by atoms with Gasteiger partial charge >= 0.3 is 5.97 Å². The Morgan fingerprint density at radius 1 is 1.55 bits per heavy atom. The largest absolute Gasteiger partial charge is 0.481 e. The predicted octanol–water partition coefficient (Wildman–Crippen LogP) is 0.413. The molecule has 1 aliphatic heterocycles. The molecule has 0 aromatic rings. The standard InChI is InChI=1S/C8H13NO2/c1-9-4-8(5-9)2-6(3-8)7(10)11/h6H,2-5H2,1H3,(H,10,11). The second-order valence-corrected chi connectivity index (χ2v) is 4.12. The van der Waals surface area contributed by atoms with Crippen LogP contribution in [0.15, 0.2) is 0 Å². The molecule has 2 fully saturated rings. The molecule has 3 heteroatoms. The van der Waals surface area contributed by atoms with Crippen molar-refractivity contribution in [2.24, 2.45) is 11.3 Å². The first kappa shape index (κ1) is 7.10. The van der Waals surface area contributed by atoms with Crippen LogP contribution in [0, 0.1) is 11.3 Å². The van der Waals surface area contributed by atoms with E-state index in [1.54, 1.807) is 0 Å². The van der Waals surface area contributed by atoms with E-state index in [9.17, 15) is 4.79 Å². The summed E-state index contributed by atoms with van der Waals surface area (Å²) in [6.07, 6.45) is 1.82. The summed E-state index contributed by atoms with van der Waals surface area (Å²) in [7, 11) is 2.08. The van der Waals surface area contributed by atoms with Gasteiger partial charge in [-0.1, -0.05) is 0 Å². The number of hydrogen-bond donors (Lipinski definition) is 1. The Morgan fingerprint density at radius 2 is 2.09 bits per heavy atom. The summed E-state index contributed by atoms with van der Waals surface area (Å²) in [6, 6.07) is 0. The highest BCUT2D eigenvalue weighted by atomic mass is 16.4. The van der Waals surface area contributed by atoms with Gasteiger partial charge in [-0.05, 0) is 25.3 Å². The smallest absolute Gasteiger partial charge is 0.306 e. The number of hydrogen-bond acceptors (Lipinski definition) is 2. The first-order chi connectivity index (χ1) is 5.11. The van der Waals surface area contributed by atoms with Crippen LogP contribution >= 0.6 is 0 Å². The van der Waals surface area contributed by atoms with Crippen molar-refractivity contribution in [3.8, 4) is 0 Å². The Morgan fingerprint density at radius 3 is 2.45 bits per heavy atom. The number of likely N-dealkylation sites (tertiary alicyclic amines) is 1. The molecular weight excluding hydrogens is 142 g/mol. The fraction of sp³-hybridized carbons (Fsp3) is 0.875. The number of nitrogens with zero attached hydrogens (tertiary/aromatic N) is 1. The van der Waals surface area contributed by atoms with E-state index in [0.717, 1.165) is 25.9 Å². The quantitative estimate of drug-likeness (QED) is 0.596. The van der Waals surface area contributed by atoms with Gasteiger partial charge in [0, 0.05) is 13.1 Å². The molecular formula is C8H13NO2. The van der Waals surface area contributed by atoms with Gasteiger partial charge < -0.3 is 10.0 Å². The minimum Gasteiger partial charge on any atom is -0.481 e. The van der Waals surface area contributed by atoms with Gasteiger partial charge in [0.25, 0.3) is 0 Å². The number of carbonyl (C=O) groups is 1. The van der Waals surface area contributed by atoms with E-state index < -0.39 is 5.97 Å². The maximum absolute atomic E-state index is 10.5. The lowest BCUT2D eigenvalue weighted by Crippen LogP contribution is -2.61. The van der Waals surface area contributed by atoms with E-state index in [1.807, 2.05) is 0 Å². The summed E-state index contributed by atoms with van der Waals surface area (Å²) in [4.78, 5) is 12.7. The molecule has 2 aliphatic rings. The van der Waals surface area contributed by atoms with Crippen LogP contribution < -0.4 is 0 Å². The van der Waals surface area contributed by atoms with Crippen molar-refractivity contribution in [1.29, 1.82) is 0 Å². The van der Waals surface area contributed by atoms with Crippen LogP contribution in [0.3, 0.4) is 0 Å². The average molecular weight is 155 g/mol. The van der Waals surface area contributed by atoms with Crippen LogP contribution in [-0.4, -0.2) is 36.1 Å². The van der Waals surface area contributed by atoms with Crippen molar-refractivity contribution in [1.82, 2.24) is 4.90 Å². The number of aliphatic carboxylic acids is 1. The molecule has 0 radical (unpaired) electrons. The molecule has 1 aliphatic carbocycles. The average Bonchev–Trinajstić information content (AvgIpc) is 1.73. The zero-order valence-corrected chi connectivity index (χ0v) is 6.71. The maximum atomic E-state index is 10.5. The molecule has 2 rings (SSSR count). The topological polar surface area (TPSA) is 40.5 Å². The first-order valence-corrected chi connectivity index (χ1v) is 4.03. The zero-order chi connectivity index (χ0) is 8.06. The fourth-order valence-electron chi connectivity index (χ4n) is 2.52. The summed E-state index contributed by atoms with van der Waals surface area (Å²) >= 11 is 0. The van der Waals surface area contributed by atoms with E-state index in [0.29, 0.717) is 5.41 Å². The summed E-state index contributed by atoms with van der Waals surface area (Å²) in [5.74, 6) is -0.645. The van der Waals surface area contributed by atoms with Crippen molar-refractivity contribution < 1.29 is 9.90 Å². The molecule has 1 saturated heterocycles. The lowest BCUT2D eigenvalue weighted by atomic mass is 9.58. The molecule has 0 aromatic heterocycles. The predicted molar refractivity (Wildman–Crippen MR) is 40.3 cm³/mol. The lowest BCUT2D eigenvalue weighted by Gasteiger charge is -2.57. The van der Waals surface area contributed by atoms with Crippen molar-refractivity contribution in [2.75, 3.05) is 20.1 Å². The van der Waals surface area contributed by atoms with Gasteiger partial charge in [-0.15, -0.1) is 0 Å². The summed E-state index contributed by atoms with van der Waals surface area (Å²) < 4.78 is 0. The molecule has 3 nitrogen and oxygen atoms in total. The summed E-state index contributed by atoms with van der Waals surface area (Å²) in [6.45, 7) is 2.22. The second-order valence-electron chi connectivity index (χ2n) is 4.12. The van der Waals surface area contributed by atoms with Crippen LogP contribution in [0.25, 0.3) is 0 Å². The highest BCUT2D eigenvalue weighted by Gasteiger charge is 2.53. The van der Waals surface area contributed by atoms with Gasteiger partial charge in [0.2, 0.25) is 0 Å². The molecule has 1 spiro atoms. The number of carboxylic acids is 1. The molecule has 1 saturated carbocycles. The van der Waals surface area contributed by atoms with Gasteiger partial charge in [0.05, 0.1) is 5.92 Å². The van der Waals surface area contributed by atoms with Crippen LogP contribution in [0.2, 0.25) is 0 Å². The minimum atomic E-state index is -0.606. The molecule has 1 N–H and O–H groups in total. The van der Waals surface area contributed by atoms with Crippen LogP contribution in [0.5, 0.6) is 0 Å². The third-order valence-electron chi connectivity index (χ3n) is 2.92. The van der Waals surface area contributed by atoms with Crippen molar-refractivity contribution in [3.05, 3.63) is 0 Å². The fourth-order valence-corrected chi connectivity index (χ4v) is 2.52. The normalized spacial score (nSPS) is 29.5. The number of carboxylic acid groups (broad SMARTS) is 1. The highest BCUT2D eigenvalue weighted by Crippen LogP contribution is 2.51. The van der Waals surface area contributed by atoms with Crippen molar-refractivity contribution in [3.63, 3.8) is 0 Å². The van der Waals surface area contributed by atoms with Crippen LogP contribution in [0.1, 0.15) is 12.8 Å². The molecule has 11 heavy (non-hydrogen) atoms. The molecule has 0 bridgehead atoms. The van der Waals surface area contributed by atoms with Gasteiger partial charge in [0.1, 0.15) is 0 Å². The third kappa shape index (κ3) is 0.948. The van der Waals surface area contributed by atoms with E-state index in [-0.39, 0.29) is 5.92 Å². The molecule has 0 amide bonds. The molecule has 0 atom stereocenters. The first-order valence-electron chi connectivity index (χ1n) is 4.03. The third-order valence-corrected chi connectivity index (χ3v) is 2.92. The highest BCUT2D eigenvalue weighted by molar-refractivity contribution is 5.71. The Hall–Kier alpha value is -0.570. The van der Waals surface area contributed by atoms with Crippen LogP contribution in [0.4, 0.5) is 0 Å². The lowest BCUT2D eigenvalue weighted by molar-refractivity contribution is -0.159. The SMILES string of the molecule is CN1CC2(CC(C(=O)O)C2)C1. The van der Waals surface area contributed by atoms with Crippen molar-refractivity contribution >= 4 is 5.97 Å². The Balaban J connectivity index is 1.84. The Bertz CT molecular complexity index is 188. The Kier molecular flexibility index (Phi) is 1.27. The van der Waals surface area contributed by atoms with Gasteiger partial charge in [-0.25, -0.2) is 0 Å². The molecule has 1 heterocycles. The van der Waals surface area contributed by atoms with Gasteiger partial charge in [0.15, 0.2) is 0 Å². The Labute approximate surface area is 66.0 Å². The van der Waals surface area contributed by atoms with E-state index in [1.165, 1.54) is 0 Å². The second kappa shape index (κ2) is 1.97. The van der Waals surface area contributed by atoms with Gasteiger partial charge in [-0.3, -0.25) is 4.79 Å². The monoisotopic (exact) mass is 155 g/mol. The van der Waals surface area contributed by atoms with E-state index in [4.69, 9.17) is 5.11 Å². The van der Waals surface area contributed by atoms with E-state index in [2.05, 4.69) is 11.9 Å². The minimum absolute atomic E-state index is 0.0382. The van der Waals surface area contributed by atoms with Gasteiger partial charge in [-0.2, -0.15) is 0 Å².